The number of rotatable bonds is 6. The van der Waals surface area contributed by atoms with E-state index in [1.54, 1.807) is 0 Å². The van der Waals surface area contributed by atoms with Crippen molar-refractivity contribution < 1.29 is 13.2 Å². The second-order valence-electron chi connectivity index (χ2n) is 5.10. The lowest BCUT2D eigenvalue weighted by molar-refractivity contribution is 0.0910. The van der Waals surface area contributed by atoms with Crippen LogP contribution in [0.25, 0.3) is 0 Å². The SMILES string of the molecule is CC(C)OCCS(=O)(=O)NC1(C#N)CCCCC1. The Balaban J connectivity index is 2.55. The van der Waals surface area contributed by atoms with Crippen LogP contribution >= 0.6 is 0 Å². The molecule has 0 aromatic carbocycles. The first-order valence-electron chi connectivity index (χ1n) is 6.44. The summed E-state index contributed by atoms with van der Waals surface area (Å²) in [5.41, 5.74) is -0.894. The van der Waals surface area contributed by atoms with Gasteiger partial charge in [0.2, 0.25) is 10.0 Å². The van der Waals surface area contributed by atoms with Crippen LogP contribution in [0, 0.1) is 11.3 Å². The van der Waals surface area contributed by atoms with E-state index in [1.165, 1.54) is 0 Å². The number of ether oxygens (including phenoxy) is 1. The summed E-state index contributed by atoms with van der Waals surface area (Å²) in [6, 6.07) is 2.14. The molecule has 0 unspecified atom stereocenters. The number of sulfonamides is 1. The molecule has 0 spiro atoms. The summed E-state index contributed by atoms with van der Waals surface area (Å²) in [6.45, 7) is 3.88. The largest absolute Gasteiger partial charge is 0.378 e. The van der Waals surface area contributed by atoms with E-state index in [2.05, 4.69) is 10.8 Å². The fourth-order valence-corrected chi connectivity index (χ4v) is 3.40. The Morgan fingerprint density at radius 2 is 1.94 bits per heavy atom. The van der Waals surface area contributed by atoms with Gasteiger partial charge < -0.3 is 4.74 Å². The Labute approximate surface area is 110 Å². The zero-order valence-corrected chi connectivity index (χ0v) is 11.9. The smallest absolute Gasteiger partial charge is 0.215 e. The highest BCUT2D eigenvalue weighted by atomic mass is 32.2. The molecule has 0 bridgehead atoms. The molecule has 0 aromatic heterocycles. The van der Waals surface area contributed by atoms with E-state index in [0.717, 1.165) is 19.3 Å². The summed E-state index contributed by atoms with van der Waals surface area (Å²) in [5.74, 6) is -0.0887. The van der Waals surface area contributed by atoms with E-state index in [-0.39, 0.29) is 18.5 Å². The molecule has 0 aromatic rings. The van der Waals surface area contributed by atoms with Gasteiger partial charge in [0.25, 0.3) is 0 Å². The molecule has 1 rings (SSSR count). The normalized spacial score (nSPS) is 19.7. The van der Waals surface area contributed by atoms with Crippen molar-refractivity contribution >= 4 is 10.0 Å². The molecule has 0 amide bonds. The zero-order valence-electron chi connectivity index (χ0n) is 11.1. The summed E-state index contributed by atoms with van der Waals surface area (Å²) in [7, 11) is -3.44. The Hall–Kier alpha value is -0.640. The van der Waals surface area contributed by atoms with Crippen molar-refractivity contribution in [2.24, 2.45) is 0 Å². The van der Waals surface area contributed by atoms with Crippen LogP contribution in [-0.4, -0.2) is 32.4 Å². The second kappa shape index (κ2) is 6.50. The van der Waals surface area contributed by atoms with Gasteiger partial charge in [-0.1, -0.05) is 19.3 Å². The summed E-state index contributed by atoms with van der Waals surface area (Å²) in [5, 5.41) is 9.21. The fourth-order valence-electron chi connectivity index (χ4n) is 2.13. The lowest BCUT2D eigenvalue weighted by Gasteiger charge is -2.31. The van der Waals surface area contributed by atoms with Crippen LogP contribution in [0.15, 0.2) is 0 Å². The van der Waals surface area contributed by atoms with E-state index in [0.29, 0.717) is 12.8 Å². The maximum Gasteiger partial charge on any atom is 0.215 e. The van der Waals surface area contributed by atoms with E-state index >= 15 is 0 Å². The molecule has 1 aliphatic carbocycles. The maximum atomic E-state index is 11.9. The summed E-state index contributed by atoms with van der Waals surface area (Å²) in [6.07, 6.45) is 4.10. The summed E-state index contributed by atoms with van der Waals surface area (Å²) >= 11 is 0. The predicted molar refractivity (Wildman–Crippen MR) is 69.4 cm³/mol. The van der Waals surface area contributed by atoms with E-state index in [9.17, 15) is 13.7 Å². The number of hydrogen-bond acceptors (Lipinski definition) is 4. The van der Waals surface area contributed by atoms with Gasteiger partial charge in [0.05, 0.1) is 24.5 Å². The number of hydrogen-bond donors (Lipinski definition) is 1. The number of nitrogens with zero attached hydrogens (tertiary/aromatic N) is 1. The molecule has 18 heavy (non-hydrogen) atoms. The van der Waals surface area contributed by atoms with Crippen LogP contribution in [0.1, 0.15) is 46.0 Å². The van der Waals surface area contributed by atoms with Crippen LogP contribution in [0.2, 0.25) is 0 Å². The predicted octanol–water partition coefficient (Wildman–Crippen LogP) is 1.56. The molecular formula is C12H22N2O3S. The Morgan fingerprint density at radius 1 is 1.33 bits per heavy atom. The van der Waals surface area contributed by atoms with Crippen molar-refractivity contribution in [1.29, 1.82) is 5.26 Å². The van der Waals surface area contributed by atoms with Crippen molar-refractivity contribution in [2.75, 3.05) is 12.4 Å². The molecule has 104 valence electrons. The van der Waals surface area contributed by atoms with Gasteiger partial charge in [0.15, 0.2) is 0 Å². The first-order chi connectivity index (χ1) is 8.39. The highest BCUT2D eigenvalue weighted by Crippen LogP contribution is 2.28. The molecule has 0 saturated heterocycles. The minimum atomic E-state index is -3.44. The van der Waals surface area contributed by atoms with Gasteiger partial charge in [-0.3, -0.25) is 0 Å². The van der Waals surface area contributed by atoms with E-state index < -0.39 is 15.6 Å². The van der Waals surface area contributed by atoms with Gasteiger partial charge >= 0.3 is 0 Å². The Kier molecular flexibility index (Phi) is 5.57. The summed E-state index contributed by atoms with van der Waals surface area (Å²) in [4.78, 5) is 0. The van der Waals surface area contributed by atoms with Crippen molar-refractivity contribution in [3.05, 3.63) is 0 Å². The first kappa shape index (κ1) is 15.4. The third kappa shape index (κ3) is 4.92. The molecule has 5 nitrogen and oxygen atoms in total. The Bertz CT molecular complexity index is 392. The molecule has 1 N–H and O–H groups in total. The van der Waals surface area contributed by atoms with Gasteiger partial charge in [-0.05, 0) is 26.7 Å². The highest BCUT2D eigenvalue weighted by molar-refractivity contribution is 7.89. The molecule has 0 atom stereocenters. The topological polar surface area (TPSA) is 79.2 Å². The average Bonchev–Trinajstić information content (AvgIpc) is 2.28. The van der Waals surface area contributed by atoms with E-state index in [1.807, 2.05) is 13.8 Å². The number of nitriles is 1. The van der Waals surface area contributed by atoms with Crippen LogP contribution in [-0.2, 0) is 14.8 Å². The standard InChI is InChI=1S/C12H22N2O3S/c1-11(2)17-8-9-18(15,16)14-12(10-13)6-4-3-5-7-12/h11,14H,3-9H2,1-2H3. The third-order valence-electron chi connectivity index (χ3n) is 3.08. The van der Waals surface area contributed by atoms with Crippen molar-refractivity contribution in [2.45, 2.75) is 57.6 Å². The van der Waals surface area contributed by atoms with Gasteiger partial charge in [-0.25, -0.2) is 8.42 Å². The van der Waals surface area contributed by atoms with Crippen LogP contribution in [0.5, 0.6) is 0 Å². The van der Waals surface area contributed by atoms with Crippen LogP contribution in [0.3, 0.4) is 0 Å². The quantitative estimate of drug-likeness (QED) is 0.797. The first-order valence-corrected chi connectivity index (χ1v) is 8.09. The van der Waals surface area contributed by atoms with E-state index in [4.69, 9.17) is 4.74 Å². The average molecular weight is 274 g/mol. The molecule has 0 heterocycles. The van der Waals surface area contributed by atoms with Crippen LogP contribution < -0.4 is 4.72 Å². The minimum absolute atomic E-state index is 0.0137. The van der Waals surface area contributed by atoms with Gasteiger partial charge in [0, 0.05) is 0 Å². The molecule has 6 heteroatoms. The highest BCUT2D eigenvalue weighted by Gasteiger charge is 2.35. The third-order valence-corrected chi connectivity index (χ3v) is 4.48. The monoisotopic (exact) mass is 274 g/mol. The maximum absolute atomic E-state index is 11.9. The second-order valence-corrected chi connectivity index (χ2v) is 6.94. The molecule has 1 aliphatic rings. The zero-order chi connectivity index (χ0) is 13.6. The lowest BCUT2D eigenvalue weighted by Crippen LogP contribution is -2.49. The molecule has 0 aliphatic heterocycles. The van der Waals surface area contributed by atoms with Gasteiger partial charge in [-0.15, -0.1) is 0 Å². The lowest BCUT2D eigenvalue weighted by atomic mass is 9.84. The van der Waals surface area contributed by atoms with Crippen molar-refractivity contribution in [3.63, 3.8) is 0 Å². The minimum Gasteiger partial charge on any atom is -0.378 e. The number of nitrogens with one attached hydrogen (secondary N) is 1. The van der Waals surface area contributed by atoms with Gasteiger partial charge in [0.1, 0.15) is 5.54 Å². The fraction of sp³-hybridized carbons (Fsp3) is 0.917. The summed E-state index contributed by atoms with van der Waals surface area (Å²) < 4.78 is 31.6. The van der Waals surface area contributed by atoms with Crippen LogP contribution in [0.4, 0.5) is 0 Å². The molecule has 1 fully saturated rings. The van der Waals surface area contributed by atoms with Crippen molar-refractivity contribution in [3.8, 4) is 6.07 Å². The van der Waals surface area contributed by atoms with Crippen molar-refractivity contribution in [1.82, 2.24) is 4.72 Å². The molecule has 1 saturated carbocycles. The van der Waals surface area contributed by atoms with Gasteiger partial charge in [-0.2, -0.15) is 9.98 Å². The molecular weight excluding hydrogens is 252 g/mol. The Morgan fingerprint density at radius 3 is 2.44 bits per heavy atom. The molecule has 0 radical (unpaired) electrons.